The monoisotopic (exact) mass is 260 g/mol. The lowest BCUT2D eigenvalue weighted by Crippen LogP contribution is -2.50. The third-order valence-electron chi connectivity index (χ3n) is 4.26. The molecule has 0 radical (unpaired) electrons. The SMILES string of the molecule is CCC(C)c1ccc(NC(=O)C(C)(N)C2CC2)cc1. The van der Waals surface area contributed by atoms with Gasteiger partial charge in [0.15, 0.2) is 0 Å². The summed E-state index contributed by atoms with van der Waals surface area (Å²) in [6, 6.07) is 8.08. The molecule has 2 atom stereocenters. The number of rotatable bonds is 5. The van der Waals surface area contributed by atoms with Gasteiger partial charge in [0.05, 0.1) is 5.54 Å². The molecule has 1 aliphatic rings. The fourth-order valence-corrected chi connectivity index (χ4v) is 2.26. The number of benzene rings is 1. The normalized spacial score (nSPS) is 19.6. The molecule has 1 aromatic rings. The number of nitrogens with one attached hydrogen (secondary N) is 1. The van der Waals surface area contributed by atoms with E-state index in [1.54, 1.807) is 0 Å². The van der Waals surface area contributed by atoms with Gasteiger partial charge in [0.1, 0.15) is 0 Å². The van der Waals surface area contributed by atoms with Crippen LogP contribution < -0.4 is 11.1 Å². The second-order valence-electron chi connectivity index (χ2n) is 5.94. The first-order valence-electron chi connectivity index (χ1n) is 7.15. The number of nitrogens with two attached hydrogens (primary N) is 1. The van der Waals surface area contributed by atoms with Gasteiger partial charge >= 0.3 is 0 Å². The fraction of sp³-hybridized carbons (Fsp3) is 0.562. The molecule has 1 fully saturated rings. The number of anilines is 1. The summed E-state index contributed by atoms with van der Waals surface area (Å²) >= 11 is 0. The van der Waals surface area contributed by atoms with Crippen molar-refractivity contribution in [3.8, 4) is 0 Å². The van der Waals surface area contributed by atoms with Crippen LogP contribution in [-0.2, 0) is 4.79 Å². The summed E-state index contributed by atoms with van der Waals surface area (Å²) in [5, 5.41) is 2.92. The molecule has 3 nitrogen and oxygen atoms in total. The van der Waals surface area contributed by atoms with E-state index < -0.39 is 5.54 Å². The van der Waals surface area contributed by atoms with E-state index >= 15 is 0 Å². The zero-order chi connectivity index (χ0) is 14.0. The summed E-state index contributed by atoms with van der Waals surface area (Å²) in [6.07, 6.45) is 3.25. The maximum atomic E-state index is 12.2. The van der Waals surface area contributed by atoms with E-state index in [0.29, 0.717) is 11.8 Å². The Kier molecular flexibility index (Phi) is 3.95. The number of carbonyl (C=O) groups excluding carboxylic acids is 1. The van der Waals surface area contributed by atoms with Crippen molar-refractivity contribution in [1.29, 1.82) is 0 Å². The Hall–Kier alpha value is -1.35. The molecule has 3 N–H and O–H groups in total. The second kappa shape index (κ2) is 5.33. The Bertz CT molecular complexity index is 446. The first-order chi connectivity index (χ1) is 8.95. The molecule has 1 amide bonds. The number of amides is 1. The molecule has 2 unspecified atom stereocenters. The lowest BCUT2D eigenvalue weighted by atomic mass is 9.95. The van der Waals surface area contributed by atoms with E-state index in [0.717, 1.165) is 24.9 Å². The van der Waals surface area contributed by atoms with Crippen LogP contribution in [0, 0.1) is 5.92 Å². The Morgan fingerprint density at radius 2 is 2.00 bits per heavy atom. The van der Waals surface area contributed by atoms with Gasteiger partial charge in [0.25, 0.3) is 0 Å². The highest BCUT2D eigenvalue weighted by molar-refractivity contribution is 5.98. The number of hydrogen-bond donors (Lipinski definition) is 2. The van der Waals surface area contributed by atoms with E-state index in [1.165, 1.54) is 5.56 Å². The van der Waals surface area contributed by atoms with Gasteiger partial charge in [-0.1, -0.05) is 26.0 Å². The summed E-state index contributed by atoms with van der Waals surface area (Å²) in [5.74, 6) is 0.814. The second-order valence-corrected chi connectivity index (χ2v) is 5.94. The fourth-order valence-electron chi connectivity index (χ4n) is 2.26. The van der Waals surface area contributed by atoms with Gasteiger partial charge in [-0.3, -0.25) is 4.79 Å². The van der Waals surface area contributed by atoms with E-state index in [1.807, 2.05) is 19.1 Å². The van der Waals surface area contributed by atoms with Crippen LogP contribution in [0.4, 0.5) is 5.69 Å². The van der Waals surface area contributed by atoms with Crippen LogP contribution in [0.15, 0.2) is 24.3 Å². The quantitative estimate of drug-likeness (QED) is 0.853. The summed E-state index contributed by atoms with van der Waals surface area (Å²) in [7, 11) is 0. The molecule has 0 aliphatic heterocycles. The summed E-state index contributed by atoms with van der Waals surface area (Å²) in [4.78, 5) is 12.2. The highest BCUT2D eigenvalue weighted by Crippen LogP contribution is 2.38. The first kappa shape index (κ1) is 14.1. The van der Waals surface area contributed by atoms with Crippen LogP contribution in [-0.4, -0.2) is 11.4 Å². The highest BCUT2D eigenvalue weighted by atomic mass is 16.2. The molecule has 0 aromatic heterocycles. The highest BCUT2D eigenvalue weighted by Gasteiger charge is 2.44. The minimum Gasteiger partial charge on any atom is -0.324 e. The topological polar surface area (TPSA) is 55.1 Å². The molecule has 0 heterocycles. The van der Waals surface area contributed by atoms with Gasteiger partial charge in [-0.25, -0.2) is 0 Å². The van der Waals surface area contributed by atoms with Crippen LogP contribution in [0.5, 0.6) is 0 Å². The summed E-state index contributed by atoms with van der Waals surface area (Å²) in [5.41, 5.74) is 7.49. The first-order valence-corrected chi connectivity index (χ1v) is 7.15. The Balaban J connectivity index is 2.01. The van der Waals surface area contributed by atoms with Crippen LogP contribution >= 0.6 is 0 Å². The van der Waals surface area contributed by atoms with Crippen LogP contribution in [0.1, 0.15) is 51.5 Å². The average molecular weight is 260 g/mol. The van der Waals surface area contributed by atoms with E-state index in [4.69, 9.17) is 5.73 Å². The third kappa shape index (κ3) is 3.16. The van der Waals surface area contributed by atoms with Gasteiger partial charge in [0, 0.05) is 5.69 Å². The zero-order valence-electron chi connectivity index (χ0n) is 12.1. The third-order valence-corrected chi connectivity index (χ3v) is 4.26. The van der Waals surface area contributed by atoms with Crippen molar-refractivity contribution in [2.24, 2.45) is 11.7 Å². The van der Waals surface area contributed by atoms with Crippen molar-refractivity contribution >= 4 is 11.6 Å². The molecule has 1 aromatic carbocycles. The number of hydrogen-bond acceptors (Lipinski definition) is 2. The predicted octanol–water partition coefficient (Wildman–Crippen LogP) is 3.27. The van der Waals surface area contributed by atoms with Crippen LogP contribution in [0.3, 0.4) is 0 Å². The van der Waals surface area contributed by atoms with E-state index in [2.05, 4.69) is 31.3 Å². The molecule has 1 aliphatic carbocycles. The Morgan fingerprint density at radius 1 is 1.42 bits per heavy atom. The lowest BCUT2D eigenvalue weighted by Gasteiger charge is -2.23. The van der Waals surface area contributed by atoms with Crippen molar-refractivity contribution in [3.05, 3.63) is 29.8 Å². The maximum Gasteiger partial charge on any atom is 0.244 e. The van der Waals surface area contributed by atoms with Crippen molar-refractivity contribution in [2.45, 2.75) is 51.5 Å². The molecular weight excluding hydrogens is 236 g/mol. The molecule has 3 heteroatoms. The predicted molar refractivity (Wildman–Crippen MR) is 79.1 cm³/mol. The lowest BCUT2D eigenvalue weighted by molar-refractivity contribution is -0.121. The average Bonchev–Trinajstić information content (AvgIpc) is 3.23. The molecule has 0 bridgehead atoms. The Labute approximate surface area is 115 Å². The van der Waals surface area contributed by atoms with Gasteiger partial charge in [-0.15, -0.1) is 0 Å². The molecule has 0 spiro atoms. The van der Waals surface area contributed by atoms with Gasteiger partial charge < -0.3 is 11.1 Å². The Morgan fingerprint density at radius 3 is 2.47 bits per heavy atom. The minimum atomic E-state index is -0.741. The molecule has 2 rings (SSSR count). The van der Waals surface area contributed by atoms with Crippen molar-refractivity contribution in [3.63, 3.8) is 0 Å². The van der Waals surface area contributed by atoms with Gasteiger partial charge in [-0.05, 0) is 55.7 Å². The minimum absolute atomic E-state index is 0.0775. The van der Waals surface area contributed by atoms with E-state index in [-0.39, 0.29) is 5.91 Å². The summed E-state index contributed by atoms with van der Waals surface area (Å²) in [6.45, 7) is 6.21. The maximum absolute atomic E-state index is 12.2. The number of carbonyl (C=O) groups is 1. The molecule has 0 saturated heterocycles. The van der Waals surface area contributed by atoms with Gasteiger partial charge in [-0.2, -0.15) is 0 Å². The standard InChI is InChI=1S/C16H24N2O/c1-4-11(2)12-5-9-14(10-6-12)18-15(19)16(3,17)13-7-8-13/h5-6,9-11,13H,4,7-8,17H2,1-3H3,(H,18,19). The van der Waals surface area contributed by atoms with Crippen molar-refractivity contribution in [2.75, 3.05) is 5.32 Å². The van der Waals surface area contributed by atoms with E-state index in [9.17, 15) is 4.79 Å². The molecular formula is C16H24N2O. The molecule has 104 valence electrons. The van der Waals surface area contributed by atoms with Gasteiger partial charge in [0.2, 0.25) is 5.91 Å². The molecule has 19 heavy (non-hydrogen) atoms. The zero-order valence-corrected chi connectivity index (χ0v) is 12.1. The largest absolute Gasteiger partial charge is 0.324 e. The van der Waals surface area contributed by atoms with Crippen LogP contribution in [0.2, 0.25) is 0 Å². The summed E-state index contributed by atoms with van der Waals surface area (Å²) < 4.78 is 0. The van der Waals surface area contributed by atoms with Crippen molar-refractivity contribution < 1.29 is 4.79 Å². The van der Waals surface area contributed by atoms with Crippen molar-refractivity contribution in [1.82, 2.24) is 0 Å². The molecule has 1 saturated carbocycles. The smallest absolute Gasteiger partial charge is 0.244 e. The van der Waals surface area contributed by atoms with Crippen LogP contribution in [0.25, 0.3) is 0 Å².